The summed E-state index contributed by atoms with van der Waals surface area (Å²) < 4.78 is 1.28. The van der Waals surface area contributed by atoms with Gasteiger partial charge in [0.25, 0.3) is 5.56 Å². The van der Waals surface area contributed by atoms with Crippen LogP contribution in [0.5, 0.6) is 5.75 Å². The highest BCUT2D eigenvalue weighted by atomic mass is 16.3. The maximum atomic E-state index is 13.4. The van der Waals surface area contributed by atoms with Gasteiger partial charge in [-0.1, -0.05) is 30.8 Å². The van der Waals surface area contributed by atoms with E-state index in [0.29, 0.717) is 24.6 Å². The highest BCUT2D eigenvalue weighted by Gasteiger charge is 2.33. The molecule has 0 aliphatic carbocycles. The molecule has 9 heteroatoms. The molecule has 2 aromatic carbocycles. The first-order valence-electron chi connectivity index (χ1n) is 9.83. The monoisotopic (exact) mass is 424 g/mol. The molecule has 0 saturated carbocycles. The van der Waals surface area contributed by atoms with E-state index in [9.17, 15) is 20.0 Å². The lowest BCUT2D eigenvalue weighted by molar-refractivity contribution is -0.130. The van der Waals surface area contributed by atoms with Gasteiger partial charge in [0, 0.05) is 24.5 Å². The van der Waals surface area contributed by atoms with Crippen LogP contribution in [0.25, 0.3) is 27.5 Å². The number of rotatable bonds is 3. The maximum Gasteiger partial charge on any atom is 0.270 e. The summed E-state index contributed by atoms with van der Waals surface area (Å²) in [5, 5.41) is 21.3. The van der Waals surface area contributed by atoms with E-state index in [1.54, 1.807) is 11.0 Å². The number of benzene rings is 2. The first kappa shape index (κ1) is 19.4. The fraction of sp³-hybridized carbons (Fsp3) is 0.130. The van der Waals surface area contributed by atoms with Crippen molar-refractivity contribution < 1.29 is 9.90 Å². The number of phenols is 1. The summed E-state index contributed by atoms with van der Waals surface area (Å²) in [5.41, 5.74) is -0.0305. The number of nitrogens with zero attached hydrogens (tertiary/aromatic N) is 6. The number of nitriles is 1. The Hall–Kier alpha value is -4.58. The topological polar surface area (TPSA) is 125 Å². The first-order valence-corrected chi connectivity index (χ1v) is 9.83. The molecule has 156 valence electrons. The number of aromatic hydroxyl groups is 1. The van der Waals surface area contributed by atoms with Crippen LogP contribution in [0.3, 0.4) is 0 Å². The highest BCUT2D eigenvalue weighted by Crippen LogP contribution is 2.28. The van der Waals surface area contributed by atoms with E-state index in [1.165, 1.54) is 23.0 Å². The molecule has 5 rings (SSSR count). The van der Waals surface area contributed by atoms with E-state index in [2.05, 4.69) is 21.5 Å². The minimum atomic E-state index is -0.508. The Kier molecular flexibility index (Phi) is 4.41. The number of carbonyl (C=O) groups excluding carboxylic acids is 1. The summed E-state index contributed by atoms with van der Waals surface area (Å²) in [6.07, 6.45) is 2.57. The van der Waals surface area contributed by atoms with Crippen LogP contribution in [0.2, 0.25) is 0 Å². The van der Waals surface area contributed by atoms with Crippen molar-refractivity contribution >= 4 is 27.7 Å². The van der Waals surface area contributed by atoms with Crippen LogP contribution in [0.15, 0.2) is 60.2 Å². The zero-order chi connectivity index (χ0) is 22.4. The van der Waals surface area contributed by atoms with Crippen molar-refractivity contribution in [2.45, 2.75) is 5.92 Å². The lowest BCUT2D eigenvalue weighted by Gasteiger charge is -2.37. The number of aromatic nitrogens is 4. The van der Waals surface area contributed by atoms with Crippen LogP contribution in [0.4, 0.5) is 0 Å². The van der Waals surface area contributed by atoms with Gasteiger partial charge in [-0.25, -0.2) is 15.0 Å². The lowest BCUT2D eigenvalue weighted by Crippen LogP contribution is -2.48. The highest BCUT2D eigenvalue weighted by molar-refractivity contribution is 5.92. The van der Waals surface area contributed by atoms with Crippen LogP contribution in [-0.2, 0) is 4.79 Å². The second-order valence-corrected chi connectivity index (χ2v) is 7.49. The van der Waals surface area contributed by atoms with Gasteiger partial charge in [0.2, 0.25) is 5.91 Å². The van der Waals surface area contributed by atoms with Crippen LogP contribution in [-0.4, -0.2) is 48.5 Å². The number of hydrogen-bond acceptors (Lipinski definition) is 7. The first-order chi connectivity index (χ1) is 15.5. The predicted octanol–water partition coefficient (Wildman–Crippen LogP) is 2.02. The molecule has 0 atom stereocenters. The smallest absolute Gasteiger partial charge is 0.270 e. The molecule has 1 amide bonds. The molecule has 1 aliphatic rings. The molecule has 0 unspecified atom stereocenters. The van der Waals surface area contributed by atoms with Gasteiger partial charge < -0.3 is 10.0 Å². The summed E-state index contributed by atoms with van der Waals surface area (Å²) in [4.78, 5) is 39.6. The zero-order valence-corrected chi connectivity index (χ0v) is 16.8. The molecule has 3 heterocycles. The number of fused-ring (bicyclic) bond motifs is 2. The number of likely N-dealkylation sites (tertiary alicyclic amines) is 1. The predicted molar refractivity (Wildman–Crippen MR) is 116 cm³/mol. The molecule has 2 aromatic heterocycles. The summed E-state index contributed by atoms with van der Waals surface area (Å²) in [7, 11) is 0. The zero-order valence-electron chi connectivity index (χ0n) is 16.8. The van der Waals surface area contributed by atoms with Crippen molar-refractivity contribution in [3.63, 3.8) is 0 Å². The van der Waals surface area contributed by atoms with E-state index in [0.717, 1.165) is 10.8 Å². The van der Waals surface area contributed by atoms with Crippen LogP contribution < -0.4 is 5.56 Å². The molecular weight excluding hydrogens is 408 g/mol. The largest absolute Gasteiger partial charge is 0.508 e. The molecule has 1 N–H and O–H groups in total. The molecule has 4 aromatic rings. The summed E-state index contributed by atoms with van der Waals surface area (Å²) in [6.45, 7) is 4.29. The second kappa shape index (κ2) is 7.28. The third kappa shape index (κ3) is 2.97. The second-order valence-electron chi connectivity index (χ2n) is 7.49. The minimum absolute atomic E-state index is 0.00131. The van der Waals surface area contributed by atoms with E-state index < -0.39 is 5.56 Å². The van der Waals surface area contributed by atoms with Crippen molar-refractivity contribution in [1.29, 1.82) is 5.26 Å². The van der Waals surface area contributed by atoms with Crippen molar-refractivity contribution in [3.8, 4) is 17.5 Å². The van der Waals surface area contributed by atoms with Gasteiger partial charge in [-0.3, -0.25) is 14.2 Å². The lowest BCUT2D eigenvalue weighted by atomic mass is 9.99. The SMILES string of the molecule is C=CC(=O)N1CC(c2nc(C#N)c3c(=O)n(-c4cc(O)cc5ccccc45)cnc3n2)C1. The van der Waals surface area contributed by atoms with Crippen LogP contribution >= 0.6 is 0 Å². The Morgan fingerprint density at radius 3 is 2.78 bits per heavy atom. The number of hydrogen-bond donors (Lipinski definition) is 1. The third-order valence-electron chi connectivity index (χ3n) is 5.56. The Morgan fingerprint density at radius 1 is 1.25 bits per heavy atom. The third-order valence-corrected chi connectivity index (χ3v) is 5.56. The average Bonchev–Trinajstić information content (AvgIpc) is 2.77. The Bertz CT molecular complexity index is 1530. The number of amides is 1. The molecular formula is C23H16N6O3. The standard InChI is InChI=1S/C23H16N6O3/c1-2-19(31)28-10-14(11-28)21-26-17(9-24)20-22(27-21)25-12-29(23(20)32)18-8-15(30)7-13-5-3-4-6-16(13)18/h2-8,12,14,30H,1,10-11H2. The van der Waals surface area contributed by atoms with Crippen LogP contribution in [0, 0.1) is 11.3 Å². The normalized spacial score (nSPS) is 13.7. The summed E-state index contributed by atoms with van der Waals surface area (Å²) in [5.74, 6) is 0.0487. The Morgan fingerprint density at radius 2 is 2.03 bits per heavy atom. The van der Waals surface area contributed by atoms with Crippen LogP contribution in [0.1, 0.15) is 17.4 Å². The molecule has 32 heavy (non-hydrogen) atoms. The van der Waals surface area contributed by atoms with E-state index >= 15 is 0 Å². The van der Waals surface area contributed by atoms with E-state index in [4.69, 9.17) is 0 Å². The molecule has 9 nitrogen and oxygen atoms in total. The Labute approximate surface area is 181 Å². The molecule has 1 fully saturated rings. The molecule has 0 spiro atoms. The van der Waals surface area contributed by atoms with Gasteiger partial charge in [-0.2, -0.15) is 5.26 Å². The fourth-order valence-electron chi connectivity index (χ4n) is 3.90. The maximum absolute atomic E-state index is 13.4. The van der Waals surface area contributed by atoms with E-state index in [1.807, 2.05) is 30.3 Å². The number of carbonyl (C=O) groups is 1. The van der Waals surface area contributed by atoms with Crippen molar-refractivity contribution in [2.24, 2.45) is 0 Å². The van der Waals surface area contributed by atoms with Gasteiger partial charge >= 0.3 is 0 Å². The van der Waals surface area contributed by atoms with Crippen molar-refractivity contribution in [1.82, 2.24) is 24.4 Å². The minimum Gasteiger partial charge on any atom is -0.508 e. The average molecular weight is 424 g/mol. The molecule has 0 radical (unpaired) electrons. The number of phenolic OH excluding ortho intramolecular Hbond substituents is 1. The molecule has 0 bridgehead atoms. The molecule has 1 aliphatic heterocycles. The van der Waals surface area contributed by atoms with E-state index in [-0.39, 0.29) is 34.3 Å². The van der Waals surface area contributed by atoms with Gasteiger partial charge in [0.05, 0.1) is 11.6 Å². The Balaban J connectivity index is 1.65. The van der Waals surface area contributed by atoms with Gasteiger partial charge in [0.15, 0.2) is 11.3 Å². The van der Waals surface area contributed by atoms with Gasteiger partial charge in [-0.15, -0.1) is 0 Å². The quantitative estimate of drug-likeness (QED) is 0.499. The fourth-order valence-corrected chi connectivity index (χ4v) is 3.90. The summed E-state index contributed by atoms with van der Waals surface area (Å²) in [6, 6.07) is 12.4. The van der Waals surface area contributed by atoms with Crippen molar-refractivity contribution in [3.05, 3.63) is 77.3 Å². The van der Waals surface area contributed by atoms with Gasteiger partial charge in [-0.05, 0) is 17.5 Å². The molecule has 1 saturated heterocycles. The van der Waals surface area contributed by atoms with Crippen molar-refractivity contribution in [2.75, 3.05) is 13.1 Å². The summed E-state index contributed by atoms with van der Waals surface area (Å²) >= 11 is 0. The van der Waals surface area contributed by atoms with Gasteiger partial charge in [0.1, 0.15) is 29.4 Å².